The maximum absolute atomic E-state index is 9.69. The molecule has 1 aliphatic heterocycles. The molecule has 0 aromatic heterocycles. The molecule has 1 atom stereocenters. The number of aliphatic hydroxyl groups is 1. The summed E-state index contributed by atoms with van der Waals surface area (Å²) in [5.74, 6) is 0.900. The largest absolute Gasteiger partial charge is 0.391 e. The maximum atomic E-state index is 9.69. The molecule has 1 fully saturated rings. The number of aliphatic hydroxyl groups excluding tert-OH is 1. The first-order valence-electron chi connectivity index (χ1n) is 8.02. The number of hydrogen-bond acceptors (Lipinski definition) is 3. The van der Waals surface area contributed by atoms with Crippen LogP contribution in [0.5, 0.6) is 0 Å². The molecule has 0 radical (unpaired) electrons. The van der Waals surface area contributed by atoms with Crippen molar-refractivity contribution in [2.45, 2.75) is 32.5 Å². The van der Waals surface area contributed by atoms with Crippen LogP contribution in [0, 0.1) is 0 Å². The van der Waals surface area contributed by atoms with Crippen LogP contribution in [0.3, 0.4) is 0 Å². The van der Waals surface area contributed by atoms with E-state index in [-0.39, 0.29) is 6.10 Å². The average molecular weight is 304 g/mol. The van der Waals surface area contributed by atoms with Crippen molar-refractivity contribution in [3.8, 4) is 0 Å². The molecule has 5 heteroatoms. The van der Waals surface area contributed by atoms with Gasteiger partial charge in [-0.05, 0) is 38.6 Å². The van der Waals surface area contributed by atoms with Crippen LogP contribution in [0.4, 0.5) is 0 Å². The third kappa shape index (κ3) is 5.00. The number of hydrogen-bond donors (Lipinski definition) is 2. The lowest BCUT2D eigenvalue weighted by molar-refractivity contribution is 0.188. The molecule has 22 heavy (non-hydrogen) atoms. The number of rotatable bonds is 5. The highest BCUT2D eigenvalue weighted by Crippen LogP contribution is 2.11. The van der Waals surface area contributed by atoms with Crippen molar-refractivity contribution in [2.24, 2.45) is 4.99 Å². The van der Waals surface area contributed by atoms with E-state index in [2.05, 4.69) is 60.4 Å². The molecule has 0 amide bonds. The van der Waals surface area contributed by atoms with Crippen LogP contribution >= 0.6 is 0 Å². The van der Waals surface area contributed by atoms with Crippen LogP contribution in [0.2, 0.25) is 0 Å². The van der Waals surface area contributed by atoms with Gasteiger partial charge in [0.05, 0.1) is 12.6 Å². The van der Waals surface area contributed by atoms with Gasteiger partial charge in [-0.3, -0.25) is 0 Å². The van der Waals surface area contributed by atoms with Gasteiger partial charge in [-0.15, -0.1) is 0 Å². The van der Waals surface area contributed by atoms with Crippen molar-refractivity contribution >= 4 is 5.96 Å². The van der Waals surface area contributed by atoms with Gasteiger partial charge in [0.1, 0.15) is 0 Å². The lowest BCUT2D eigenvalue weighted by Gasteiger charge is -2.21. The van der Waals surface area contributed by atoms with Crippen molar-refractivity contribution in [3.63, 3.8) is 0 Å². The molecular weight excluding hydrogens is 276 g/mol. The molecule has 1 aromatic carbocycles. The van der Waals surface area contributed by atoms with Crippen LogP contribution in [0.15, 0.2) is 29.3 Å². The summed E-state index contributed by atoms with van der Waals surface area (Å²) in [7, 11) is 4.15. The van der Waals surface area contributed by atoms with Crippen molar-refractivity contribution < 1.29 is 5.11 Å². The van der Waals surface area contributed by atoms with E-state index in [9.17, 15) is 5.11 Å². The highest BCUT2D eigenvalue weighted by molar-refractivity contribution is 5.80. The fourth-order valence-corrected chi connectivity index (χ4v) is 2.72. The maximum Gasteiger partial charge on any atom is 0.194 e. The molecule has 2 rings (SSSR count). The number of nitrogens with zero attached hydrogens (tertiary/aromatic N) is 3. The van der Waals surface area contributed by atoms with Gasteiger partial charge in [-0.1, -0.05) is 24.3 Å². The zero-order valence-corrected chi connectivity index (χ0v) is 13.9. The molecule has 1 aromatic rings. The standard InChI is InChI=1S/C17H28N4O/c1-4-18-17(21-9-8-16(22)13-21)19-11-14-6-5-7-15(10-14)12-20(2)3/h5-7,10,16,22H,4,8-9,11-13H2,1-3H3,(H,18,19)/t16-/m1/s1. The molecule has 5 nitrogen and oxygen atoms in total. The molecule has 0 aliphatic carbocycles. The second kappa shape index (κ2) is 8.15. The Morgan fingerprint density at radius 1 is 1.41 bits per heavy atom. The summed E-state index contributed by atoms with van der Waals surface area (Å²) < 4.78 is 0. The highest BCUT2D eigenvalue weighted by atomic mass is 16.3. The lowest BCUT2D eigenvalue weighted by atomic mass is 10.1. The summed E-state index contributed by atoms with van der Waals surface area (Å²) in [6.45, 7) is 6.05. The van der Waals surface area contributed by atoms with Gasteiger partial charge in [0.25, 0.3) is 0 Å². The van der Waals surface area contributed by atoms with Crippen LogP contribution in [0.1, 0.15) is 24.5 Å². The Morgan fingerprint density at radius 3 is 2.82 bits per heavy atom. The molecule has 0 bridgehead atoms. The molecule has 0 spiro atoms. The van der Waals surface area contributed by atoms with Gasteiger partial charge in [-0.2, -0.15) is 0 Å². The molecule has 1 saturated heterocycles. The van der Waals surface area contributed by atoms with E-state index in [1.54, 1.807) is 0 Å². The van der Waals surface area contributed by atoms with Crippen LogP contribution < -0.4 is 5.32 Å². The lowest BCUT2D eigenvalue weighted by Crippen LogP contribution is -2.40. The predicted molar refractivity (Wildman–Crippen MR) is 90.8 cm³/mol. The second-order valence-electron chi connectivity index (χ2n) is 6.12. The number of benzene rings is 1. The van der Waals surface area contributed by atoms with E-state index < -0.39 is 0 Å². The van der Waals surface area contributed by atoms with E-state index in [0.717, 1.165) is 32.0 Å². The Labute approximate surface area is 133 Å². The van der Waals surface area contributed by atoms with E-state index in [1.807, 2.05) is 0 Å². The molecule has 2 N–H and O–H groups in total. The molecular formula is C17H28N4O. The molecule has 0 saturated carbocycles. The Kier molecular flexibility index (Phi) is 6.21. The number of nitrogens with one attached hydrogen (secondary N) is 1. The summed E-state index contributed by atoms with van der Waals surface area (Å²) in [4.78, 5) is 9.03. The highest BCUT2D eigenvalue weighted by Gasteiger charge is 2.22. The van der Waals surface area contributed by atoms with Gasteiger partial charge in [0.2, 0.25) is 0 Å². The zero-order chi connectivity index (χ0) is 15.9. The summed E-state index contributed by atoms with van der Waals surface area (Å²) in [6.07, 6.45) is 0.593. The topological polar surface area (TPSA) is 51.1 Å². The summed E-state index contributed by atoms with van der Waals surface area (Å²) in [5, 5.41) is 13.0. The molecule has 1 heterocycles. The minimum absolute atomic E-state index is 0.229. The Balaban J connectivity index is 2.03. The summed E-state index contributed by atoms with van der Waals surface area (Å²) >= 11 is 0. The van der Waals surface area contributed by atoms with Crippen molar-refractivity contribution in [2.75, 3.05) is 33.7 Å². The average Bonchev–Trinajstić information content (AvgIpc) is 2.89. The summed E-state index contributed by atoms with van der Waals surface area (Å²) in [5.41, 5.74) is 2.52. The second-order valence-corrected chi connectivity index (χ2v) is 6.12. The number of likely N-dealkylation sites (tertiary alicyclic amines) is 1. The third-order valence-corrected chi connectivity index (χ3v) is 3.70. The Bertz CT molecular complexity index is 501. The fraction of sp³-hybridized carbons (Fsp3) is 0.588. The minimum atomic E-state index is -0.229. The van der Waals surface area contributed by atoms with Gasteiger partial charge in [0, 0.05) is 26.2 Å². The van der Waals surface area contributed by atoms with Crippen molar-refractivity contribution in [1.29, 1.82) is 0 Å². The molecule has 122 valence electrons. The number of guanidine groups is 1. The van der Waals surface area contributed by atoms with Gasteiger partial charge in [-0.25, -0.2) is 4.99 Å². The van der Waals surface area contributed by atoms with Crippen LogP contribution in [-0.2, 0) is 13.1 Å². The quantitative estimate of drug-likeness (QED) is 0.635. The van der Waals surface area contributed by atoms with Gasteiger partial charge in [0.15, 0.2) is 5.96 Å². The number of β-amino-alcohol motifs (C(OH)–C–C–N with tert-alkyl or cyclic N) is 1. The van der Waals surface area contributed by atoms with Gasteiger partial charge < -0.3 is 20.2 Å². The van der Waals surface area contributed by atoms with Crippen LogP contribution in [-0.4, -0.2) is 60.7 Å². The zero-order valence-electron chi connectivity index (χ0n) is 13.9. The van der Waals surface area contributed by atoms with E-state index >= 15 is 0 Å². The monoisotopic (exact) mass is 304 g/mol. The van der Waals surface area contributed by atoms with Gasteiger partial charge >= 0.3 is 0 Å². The molecule has 1 aliphatic rings. The Morgan fingerprint density at radius 2 is 2.18 bits per heavy atom. The first-order chi connectivity index (χ1) is 10.6. The smallest absolute Gasteiger partial charge is 0.194 e. The molecule has 0 unspecified atom stereocenters. The predicted octanol–water partition coefficient (Wildman–Crippen LogP) is 1.28. The fourth-order valence-electron chi connectivity index (χ4n) is 2.72. The van der Waals surface area contributed by atoms with E-state index in [1.165, 1.54) is 11.1 Å². The SMILES string of the molecule is CCNC(=NCc1cccc(CN(C)C)c1)N1CC[C@@H](O)C1. The minimum Gasteiger partial charge on any atom is -0.391 e. The third-order valence-electron chi connectivity index (χ3n) is 3.70. The first kappa shape index (κ1) is 16.8. The first-order valence-corrected chi connectivity index (χ1v) is 8.02. The van der Waals surface area contributed by atoms with E-state index in [4.69, 9.17) is 4.99 Å². The number of aliphatic imine (C=N–C) groups is 1. The van der Waals surface area contributed by atoms with Crippen LogP contribution in [0.25, 0.3) is 0 Å². The normalized spacial score (nSPS) is 19.0. The van der Waals surface area contributed by atoms with E-state index in [0.29, 0.717) is 13.1 Å². The Hall–Kier alpha value is -1.59. The van der Waals surface area contributed by atoms with Crippen molar-refractivity contribution in [1.82, 2.24) is 15.1 Å². The summed E-state index contributed by atoms with van der Waals surface area (Å²) in [6, 6.07) is 8.57. The van der Waals surface area contributed by atoms with Crippen molar-refractivity contribution in [3.05, 3.63) is 35.4 Å².